The number of rotatable bonds is 4. The predicted molar refractivity (Wildman–Crippen MR) is 81.9 cm³/mol. The average molecular weight is 293 g/mol. The summed E-state index contributed by atoms with van der Waals surface area (Å²) < 4.78 is 13.7. The Balaban J connectivity index is 2.19. The van der Waals surface area contributed by atoms with Crippen LogP contribution in [-0.4, -0.2) is 28.5 Å². The molecular formula is C16H24FN3O. The SMILES string of the molecule is CCC1CCCCCN1Cc1cc(F)cc(/C(N)=N/O)c1. The maximum Gasteiger partial charge on any atom is 0.170 e. The van der Waals surface area contributed by atoms with E-state index in [1.54, 1.807) is 6.07 Å². The molecule has 0 bridgehead atoms. The molecule has 1 aromatic carbocycles. The average Bonchev–Trinajstić information content (AvgIpc) is 2.70. The highest BCUT2D eigenvalue weighted by Gasteiger charge is 2.20. The number of likely N-dealkylation sites (tertiary alicyclic amines) is 1. The topological polar surface area (TPSA) is 61.8 Å². The predicted octanol–water partition coefficient (Wildman–Crippen LogP) is 3.07. The summed E-state index contributed by atoms with van der Waals surface area (Å²) in [5.41, 5.74) is 6.86. The lowest BCUT2D eigenvalue weighted by molar-refractivity contribution is 0.186. The van der Waals surface area contributed by atoms with Crippen molar-refractivity contribution >= 4 is 5.84 Å². The molecule has 0 radical (unpaired) electrons. The summed E-state index contributed by atoms with van der Waals surface area (Å²) in [6.45, 7) is 3.96. The van der Waals surface area contributed by atoms with Gasteiger partial charge in [0.2, 0.25) is 0 Å². The molecule has 2 rings (SSSR count). The van der Waals surface area contributed by atoms with Gasteiger partial charge in [-0.1, -0.05) is 24.9 Å². The molecule has 5 heteroatoms. The van der Waals surface area contributed by atoms with Crippen LogP contribution >= 0.6 is 0 Å². The second-order valence-corrected chi connectivity index (χ2v) is 5.72. The van der Waals surface area contributed by atoms with Crippen LogP contribution in [0.15, 0.2) is 23.4 Å². The molecule has 1 aliphatic heterocycles. The zero-order chi connectivity index (χ0) is 15.2. The number of hydrogen-bond acceptors (Lipinski definition) is 3. The van der Waals surface area contributed by atoms with E-state index in [-0.39, 0.29) is 11.7 Å². The summed E-state index contributed by atoms with van der Waals surface area (Å²) >= 11 is 0. The molecule has 0 aliphatic carbocycles. The minimum Gasteiger partial charge on any atom is -0.409 e. The maximum atomic E-state index is 13.7. The van der Waals surface area contributed by atoms with Gasteiger partial charge in [0.1, 0.15) is 5.82 Å². The van der Waals surface area contributed by atoms with Crippen LogP contribution in [0, 0.1) is 5.82 Å². The van der Waals surface area contributed by atoms with Gasteiger partial charge in [-0.05, 0) is 49.6 Å². The molecular weight excluding hydrogens is 269 g/mol. The van der Waals surface area contributed by atoms with Gasteiger partial charge in [0.05, 0.1) is 0 Å². The van der Waals surface area contributed by atoms with Gasteiger partial charge in [-0.2, -0.15) is 0 Å². The Morgan fingerprint density at radius 3 is 2.90 bits per heavy atom. The van der Waals surface area contributed by atoms with E-state index in [4.69, 9.17) is 10.9 Å². The minimum absolute atomic E-state index is 0.0568. The first-order valence-electron chi connectivity index (χ1n) is 7.65. The summed E-state index contributed by atoms with van der Waals surface area (Å²) in [6, 6.07) is 5.18. The number of halogens is 1. The highest BCUT2D eigenvalue weighted by molar-refractivity contribution is 5.97. The Labute approximate surface area is 125 Å². The van der Waals surface area contributed by atoms with E-state index in [1.807, 2.05) is 0 Å². The van der Waals surface area contributed by atoms with Gasteiger partial charge < -0.3 is 10.9 Å². The highest BCUT2D eigenvalue weighted by Crippen LogP contribution is 2.22. The second kappa shape index (κ2) is 7.41. The molecule has 0 amide bonds. The Hall–Kier alpha value is -1.62. The van der Waals surface area contributed by atoms with Crippen LogP contribution in [0.25, 0.3) is 0 Å². The van der Waals surface area contributed by atoms with E-state index in [2.05, 4.69) is 17.0 Å². The minimum atomic E-state index is -0.350. The molecule has 0 spiro atoms. The molecule has 1 aliphatic rings. The third-order valence-corrected chi connectivity index (χ3v) is 4.22. The smallest absolute Gasteiger partial charge is 0.170 e. The van der Waals surface area contributed by atoms with E-state index >= 15 is 0 Å². The Morgan fingerprint density at radius 1 is 1.38 bits per heavy atom. The summed E-state index contributed by atoms with van der Waals surface area (Å²) in [5.74, 6) is -0.407. The van der Waals surface area contributed by atoms with Crippen LogP contribution in [0.3, 0.4) is 0 Å². The molecule has 1 saturated heterocycles. The van der Waals surface area contributed by atoms with Gasteiger partial charge in [0, 0.05) is 18.2 Å². The highest BCUT2D eigenvalue weighted by atomic mass is 19.1. The molecule has 1 unspecified atom stereocenters. The van der Waals surface area contributed by atoms with Gasteiger partial charge in [0.25, 0.3) is 0 Å². The van der Waals surface area contributed by atoms with E-state index in [9.17, 15) is 4.39 Å². The fraction of sp³-hybridized carbons (Fsp3) is 0.562. The first kappa shape index (κ1) is 15.8. The van der Waals surface area contributed by atoms with Crippen molar-refractivity contribution in [2.24, 2.45) is 10.9 Å². The lowest BCUT2D eigenvalue weighted by Crippen LogP contribution is -2.34. The maximum absolute atomic E-state index is 13.7. The summed E-state index contributed by atoms with van der Waals surface area (Å²) in [5, 5.41) is 11.7. The molecule has 1 aromatic rings. The van der Waals surface area contributed by atoms with Crippen molar-refractivity contribution in [1.82, 2.24) is 4.90 Å². The van der Waals surface area contributed by atoms with Crippen molar-refractivity contribution in [3.05, 3.63) is 35.1 Å². The Kier molecular flexibility index (Phi) is 5.56. The molecule has 1 atom stereocenters. The van der Waals surface area contributed by atoms with Crippen molar-refractivity contribution in [1.29, 1.82) is 0 Å². The number of hydrogen-bond donors (Lipinski definition) is 2. The zero-order valence-electron chi connectivity index (χ0n) is 12.6. The van der Waals surface area contributed by atoms with Gasteiger partial charge in [0.15, 0.2) is 5.84 Å². The van der Waals surface area contributed by atoms with Crippen LogP contribution < -0.4 is 5.73 Å². The normalized spacial score (nSPS) is 21.2. The van der Waals surface area contributed by atoms with Crippen molar-refractivity contribution < 1.29 is 9.60 Å². The van der Waals surface area contributed by atoms with Crippen molar-refractivity contribution in [2.75, 3.05) is 6.54 Å². The van der Waals surface area contributed by atoms with Gasteiger partial charge >= 0.3 is 0 Å². The molecule has 116 valence electrons. The van der Waals surface area contributed by atoms with E-state index in [1.165, 1.54) is 37.8 Å². The largest absolute Gasteiger partial charge is 0.409 e. The number of oxime groups is 1. The van der Waals surface area contributed by atoms with Crippen LogP contribution in [-0.2, 0) is 6.54 Å². The number of nitrogens with zero attached hydrogens (tertiary/aromatic N) is 2. The summed E-state index contributed by atoms with van der Waals surface area (Å²) in [6.07, 6.45) is 6.05. The van der Waals surface area contributed by atoms with Gasteiger partial charge in [-0.25, -0.2) is 4.39 Å². The third kappa shape index (κ3) is 4.17. The molecule has 1 heterocycles. The van der Waals surface area contributed by atoms with E-state index in [0.29, 0.717) is 18.2 Å². The molecule has 0 aromatic heterocycles. The molecule has 1 fully saturated rings. The van der Waals surface area contributed by atoms with Crippen molar-refractivity contribution in [3.8, 4) is 0 Å². The fourth-order valence-corrected chi connectivity index (χ4v) is 3.09. The van der Waals surface area contributed by atoms with E-state index < -0.39 is 0 Å². The van der Waals surface area contributed by atoms with E-state index in [0.717, 1.165) is 18.5 Å². The number of amidine groups is 1. The molecule has 21 heavy (non-hydrogen) atoms. The van der Waals surface area contributed by atoms with Crippen LogP contribution in [0.1, 0.15) is 50.2 Å². The summed E-state index contributed by atoms with van der Waals surface area (Å²) in [4.78, 5) is 2.43. The number of nitrogens with two attached hydrogens (primary N) is 1. The first-order chi connectivity index (χ1) is 10.1. The van der Waals surface area contributed by atoms with Crippen molar-refractivity contribution in [3.63, 3.8) is 0 Å². The quantitative estimate of drug-likeness (QED) is 0.388. The standard InChI is InChI=1S/C16H24FN3O/c1-2-15-6-4-3-5-7-20(15)11-12-8-13(16(18)19-21)10-14(17)9-12/h8-10,15,21H,2-7,11H2,1H3,(H2,18,19). The lowest BCUT2D eigenvalue weighted by atomic mass is 10.1. The number of benzene rings is 1. The molecule has 3 N–H and O–H groups in total. The lowest BCUT2D eigenvalue weighted by Gasteiger charge is -2.29. The molecule has 4 nitrogen and oxygen atoms in total. The second-order valence-electron chi connectivity index (χ2n) is 5.72. The van der Waals surface area contributed by atoms with Crippen LogP contribution in [0.2, 0.25) is 0 Å². The van der Waals surface area contributed by atoms with Crippen molar-refractivity contribution in [2.45, 2.75) is 51.6 Å². The monoisotopic (exact) mass is 293 g/mol. The van der Waals surface area contributed by atoms with Gasteiger partial charge in [-0.15, -0.1) is 0 Å². The molecule has 0 saturated carbocycles. The third-order valence-electron chi connectivity index (χ3n) is 4.22. The van der Waals surface area contributed by atoms with Crippen LogP contribution in [0.4, 0.5) is 4.39 Å². The summed E-state index contributed by atoms with van der Waals surface area (Å²) in [7, 11) is 0. The Morgan fingerprint density at radius 2 is 2.19 bits per heavy atom. The fourth-order valence-electron chi connectivity index (χ4n) is 3.09. The Bertz CT molecular complexity index is 504. The zero-order valence-corrected chi connectivity index (χ0v) is 12.6. The van der Waals surface area contributed by atoms with Crippen LogP contribution in [0.5, 0.6) is 0 Å². The first-order valence-corrected chi connectivity index (χ1v) is 7.65. The van der Waals surface area contributed by atoms with Gasteiger partial charge in [-0.3, -0.25) is 4.90 Å².